The van der Waals surface area contributed by atoms with Gasteiger partial charge in [0.2, 0.25) is 0 Å². The fourth-order valence-corrected chi connectivity index (χ4v) is 1.31. The number of methoxy groups -OCH3 is 1. The Labute approximate surface area is 89.1 Å². The van der Waals surface area contributed by atoms with E-state index in [0.29, 0.717) is 12.0 Å². The van der Waals surface area contributed by atoms with Crippen LogP contribution in [0.15, 0.2) is 24.3 Å². The van der Waals surface area contributed by atoms with E-state index in [9.17, 15) is 9.59 Å². The summed E-state index contributed by atoms with van der Waals surface area (Å²) in [6.07, 6.45) is 1.62. The van der Waals surface area contributed by atoms with Gasteiger partial charge in [-0.25, -0.2) is 4.79 Å². The molecule has 1 aromatic carbocycles. The summed E-state index contributed by atoms with van der Waals surface area (Å²) in [7, 11) is 1.35. The fraction of sp³-hybridized carbons (Fsp3) is 0.333. The zero-order chi connectivity index (χ0) is 11.3. The third kappa shape index (κ3) is 3.20. The minimum absolute atomic E-state index is 0.00831. The van der Waals surface area contributed by atoms with Gasteiger partial charge >= 0.3 is 5.97 Å². The molecule has 0 saturated carbocycles. The van der Waals surface area contributed by atoms with Crippen LogP contribution in [0.3, 0.4) is 0 Å². The summed E-state index contributed by atoms with van der Waals surface area (Å²) in [6.45, 7) is 1.86. The Bertz CT molecular complexity index is 340. The summed E-state index contributed by atoms with van der Waals surface area (Å²) in [5, 5.41) is 0. The summed E-state index contributed by atoms with van der Waals surface area (Å²) in [5.74, 6) is -0.334. The number of hydrogen-bond acceptors (Lipinski definition) is 3. The molecule has 80 valence electrons. The van der Waals surface area contributed by atoms with Gasteiger partial charge in [-0.15, -0.1) is 0 Å². The topological polar surface area (TPSA) is 43.4 Å². The molecule has 0 saturated heterocycles. The van der Waals surface area contributed by atoms with Crippen LogP contribution in [0.2, 0.25) is 0 Å². The molecule has 0 fully saturated rings. The van der Waals surface area contributed by atoms with Crippen LogP contribution in [0.5, 0.6) is 0 Å². The SMILES string of the molecule is COC(=O)c1ccc(CC(C)C=O)cc1. The van der Waals surface area contributed by atoms with Gasteiger partial charge in [0.1, 0.15) is 6.29 Å². The van der Waals surface area contributed by atoms with Gasteiger partial charge in [0.25, 0.3) is 0 Å². The fourth-order valence-electron chi connectivity index (χ4n) is 1.31. The second kappa shape index (κ2) is 5.29. The molecule has 15 heavy (non-hydrogen) atoms. The van der Waals surface area contributed by atoms with E-state index in [2.05, 4.69) is 4.74 Å². The summed E-state index contributed by atoms with van der Waals surface area (Å²) in [4.78, 5) is 21.6. The van der Waals surface area contributed by atoms with Crippen LogP contribution < -0.4 is 0 Å². The molecule has 1 unspecified atom stereocenters. The summed E-state index contributed by atoms with van der Waals surface area (Å²) < 4.78 is 4.58. The normalized spacial score (nSPS) is 11.9. The Kier molecular flexibility index (Phi) is 4.03. The monoisotopic (exact) mass is 206 g/mol. The second-order valence-electron chi connectivity index (χ2n) is 3.51. The summed E-state index contributed by atoms with van der Waals surface area (Å²) in [5.41, 5.74) is 1.57. The van der Waals surface area contributed by atoms with Crippen molar-refractivity contribution >= 4 is 12.3 Å². The first-order chi connectivity index (χ1) is 7.17. The van der Waals surface area contributed by atoms with E-state index < -0.39 is 0 Å². The van der Waals surface area contributed by atoms with Gasteiger partial charge in [-0.05, 0) is 24.1 Å². The molecule has 1 rings (SSSR count). The van der Waals surface area contributed by atoms with Gasteiger partial charge in [-0.3, -0.25) is 0 Å². The van der Waals surface area contributed by atoms with E-state index in [1.54, 1.807) is 12.1 Å². The number of benzene rings is 1. The number of esters is 1. The number of carbonyl (C=O) groups is 2. The van der Waals surface area contributed by atoms with Crippen LogP contribution >= 0.6 is 0 Å². The minimum Gasteiger partial charge on any atom is -0.465 e. The van der Waals surface area contributed by atoms with Crippen molar-refractivity contribution in [2.24, 2.45) is 5.92 Å². The van der Waals surface area contributed by atoms with Crippen molar-refractivity contribution in [3.8, 4) is 0 Å². The van der Waals surface area contributed by atoms with E-state index >= 15 is 0 Å². The van der Waals surface area contributed by atoms with Crippen molar-refractivity contribution in [1.29, 1.82) is 0 Å². The molecule has 0 bridgehead atoms. The van der Waals surface area contributed by atoms with Crippen LogP contribution in [0.1, 0.15) is 22.8 Å². The van der Waals surface area contributed by atoms with Gasteiger partial charge in [0.15, 0.2) is 0 Å². The number of ether oxygens (including phenoxy) is 1. The van der Waals surface area contributed by atoms with Gasteiger partial charge in [-0.2, -0.15) is 0 Å². The van der Waals surface area contributed by atoms with Crippen molar-refractivity contribution in [3.05, 3.63) is 35.4 Å². The Morgan fingerprint density at radius 2 is 2.00 bits per heavy atom. The lowest BCUT2D eigenvalue weighted by molar-refractivity contribution is -0.110. The highest BCUT2D eigenvalue weighted by Gasteiger charge is 2.05. The third-order valence-electron chi connectivity index (χ3n) is 2.17. The lowest BCUT2D eigenvalue weighted by atomic mass is 10.0. The van der Waals surface area contributed by atoms with Crippen molar-refractivity contribution < 1.29 is 14.3 Å². The average molecular weight is 206 g/mol. The molecule has 0 N–H and O–H groups in total. The molecule has 3 heteroatoms. The maximum absolute atomic E-state index is 11.1. The zero-order valence-corrected chi connectivity index (χ0v) is 8.90. The highest BCUT2D eigenvalue weighted by atomic mass is 16.5. The van der Waals surface area contributed by atoms with Gasteiger partial charge in [0, 0.05) is 5.92 Å². The van der Waals surface area contributed by atoms with Crippen LogP contribution in [0.4, 0.5) is 0 Å². The predicted molar refractivity (Wildman–Crippen MR) is 56.7 cm³/mol. The molecular weight excluding hydrogens is 192 g/mol. The van der Waals surface area contributed by atoms with Crippen LogP contribution in [0, 0.1) is 5.92 Å². The van der Waals surface area contributed by atoms with Crippen LogP contribution in [-0.4, -0.2) is 19.4 Å². The smallest absolute Gasteiger partial charge is 0.337 e. The third-order valence-corrected chi connectivity index (χ3v) is 2.17. The summed E-state index contributed by atoms with van der Waals surface area (Å²) >= 11 is 0. The highest BCUT2D eigenvalue weighted by molar-refractivity contribution is 5.89. The van der Waals surface area contributed by atoms with Crippen molar-refractivity contribution in [3.63, 3.8) is 0 Å². The van der Waals surface area contributed by atoms with Gasteiger partial charge in [0.05, 0.1) is 12.7 Å². The van der Waals surface area contributed by atoms with E-state index in [0.717, 1.165) is 11.8 Å². The van der Waals surface area contributed by atoms with Crippen molar-refractivity contribution in [2.75, 3.05) is 7.11 Å². The van der Waals surface area contributed by atoms with Crippen LogP contribution in [0.25, 0.3) is 0 Å². The minimum atomic E-state index is -0.343. The predicted octanol–water partition coefficient (Wildman–Crippen LogP) is 1.85. The molecular formula is C12H14O3. The number of hydrogen-bond donors (Lipinski definition) is 0. The maximum Gasteiger partial charge on any atom is 0.337 e. The molecule has 0 radical (unpaired) electrons. The number of rotatable bonds is 4. The van der Waals surface area contributed by atoms with E-state index in [4.69, 9.17) is 0 Å². The van der Waals surface area contributed by atoms with Gasteiger partial charge in [-0.1, -0.05) is 19.1 Å². The first-order valence-corrected chi connectivity index (χ1v) is 4.80. The molecule has 1 aromatic rings. The molecule has 0 aliphatic heterocycles. The Morgan fingerprint density at radius 3 is 2.47 bits per heavy atom. The molecule has 0 spiro atoms. The maximum atomic E-state index is 11.1. The molecule has 0 aliphatic carbocycles. The standard InChI is InChI=1S/C12H14O3/c1-9(8-13)7-10-3-5-11(6-4-10)12(14)15-2/h3-6,8-9H,7H2,1-2H3. The first-order valence-electron chi connectivity index (χ1n) is 4.80. The van der Waals surface area contributed by atoms with E-state index in [1.807, 2.05) is 19.1 Å². The molecule has 1 atom stereocenters. The van der Waals surface area contributed by atoms with Crippen molar-refractivity contribution in [2.45, 2.75) is 13.3 Å². The molecule has 0 aromatic heterocycles. The average Bonchev–Trinajstić information content (AvgIpc) is 2.29. The lowest BCUT2D eigenvalue weighted by Gasteiger charge is -2.04. The largest absolute Gasteiger partial charge is 0.465 e. The Balaban J connectivity index is 2.72. The number of aldehydes is 1. The zero-order valence-electron chi connectivity index (χ0n) is 8.90. The van der Waals surface area contributed by atoms with Gasteiger partial charge < -0.3 is 9.53 Å². The number of carbonyl (C=O) groups excluding carboxylic acids is 2. The Morgan fingerprint density at radius 1 is 1.40 bits per heavy atom. The molecule has 0 amide bonds. The molecule has 0 heterocycles. The first kappa shape index (κ1) is 11.4. The second-order valence-corrected chi connectivity index (χ2v) is 3.51. The van der Waals surface area contributed by atoms with E-state index in [-0.39, 0.29) is 11.9 Å². The molecule has 3 nitrogen and oxygen atoms in total. The summed E-state index contributed by atoms with van der Waals surface area (Å²) in [6, 6.07) is 7.09. The van der Waals surface area contributed by atoms with E-state index in [1.165, 1.54) is 7.11 Å². The Hall–Kier alpha value is -1.64. The highest BCUT2D eigenvalue weighted by Crippen LogP contribution is 2.09. The van der Waals surface area contributed by atoms with Crippen LogP contribution in [-0.2, 0) is 16.0 Å². The van der Waals surface area contributed by atoms with Crippen molar-refractivity contribution in [1.82, 2.24) is 0 Å². The molecule has 0 aliphatic rings. The quantitative estimate of drug-likeness (QED) is 0.557. The lowest BCUT2D eigenvalue weighted by Crippen LogP contribution is -2.03.